The lowest BCUT2D eigenvalue weighted by Crippen LogP contribution is -2.27. The number of hydrogen-bond donors (Lipinski definition) is 2. The molecule has 104 valence electrons. The maximum Gasteiger partial charge on any atom is 0.274 e. The first-order valence-corrected chi connectivity index (χ1v) is 7.06. The third-order valence-corrected chi connectivity index (χ3v) is 3.47. The van der Waals surface area contributed by atoms with Crippen LogP contribution < -0.4 is 5.32 Å². The molecule has 1 aromatic carbocycles. The van der Waals surface area contributed by atoms with Crippen LogP contribution in [0.3, 0.4) is 0 Å². The summed E-state index contributed by atoms with van der Waals surface area (Å²) in [5, 5.41) is 13.1. The van der Waals surface area contributed by atoms with Gasteiger partial charge in [-0.3, -0.25) is 4.79 Å². The Balaban J connectivity index is 2.15. The molecule has 4 nitrogen and oxygen atoms in total. The van der Waals surface area contributed by atoms with Gasteiger partial charge in [0.1, 0.15) is 10.4 Å². The van der Waals surface area contributed by atoms with E-state index in [4.69, 9.17) is 11.6 Å². The quantitative estimate of drug-likeness (QED) is 0.825. The molecule has 0 fully saturated rings. The zero-order valence-electron chi connectivity index (χ0n) is 10.6. The van der Waals surface area contributed by atoms with E-state index in [1.54, 1.807) is 18.2 Å². The van der Waals surface area contributed by atoms with Gasteiger partial charge in [-0.15, -0.1) is 0 Å². The van der Waals surface area contributed by atoms with Crippen LogP contribution in [-0.2, 0) is 0 Å². The van der Waals surface area contributed by atoms with E-state index in [0.717, 1.165) is 5.56 Å². The van der Waals surface area contributed by atoms with Crippen LogP contribution in [0.15, 0.2) is 41.0 Å². The molecule has 2 rings (SSSR count). The number of aromatic hydroxyl groups is 1. The van der Waals surface area contributed by atoms with Crippen molar-refractivity contribution in [1.82, 2.24) is 10.3 Å². The van der Waals surface area contributed by atoms with Crippen molar-refractivity contribution in [3.63, 3.8) is 0 Å². The third-order valence-electron chi connectivity index (χ3n) is 2.77. The molecule has 20 heavy (non-hydrogen) atoms. The molecule has 1 heterocycles. The van der Waals surface area contributed by atoms with Crippen LogP contribution in [0, 0.1) is 0 Å². The van der Waals surface area contributed by atoms with Crippen LogP contribution in [0.2, 0.25) is 5.02 Å². The molecular weight excluding hydrogens is 344 g/mol. The molecular formula is C14H12BrClN2O2. The average molecular weight is 356 g/mol. The fraction of sp³-hybridized carbons (Fsp3) is 0.143. The third kappa shape index (κ3) is 3.49. The highest BCUT2D eigenvalue weighted by molar-refractivity contribution is 9.10. The first-order chi connectivity index (χ1) is 9.47. The summed E-state index contributed by atoms with van der Waals surface area (Å²) in [4.78, 5) is 16.1. The molecule has 0 bridgehead atoms. The average Bonchev–Trinajstić information content (AvgIpc) is 2.42. The zero-order valence-corrected chi connectivity index (χ0v) is 12.9. The second-order valence-corrected chi connectivity index (χ2v) is 5.50. The number of benzene rings is 1. The smallest absolute Gasteiger partial charge is 0.274 e. The standard InChI is InChI=1S/C14H12BrClN2O2/c1-8(9-2-4-10(16)5-3-9)17-14(20)13-11(19)6-7-12(15)18-13/h2-8,19H,1H3,(H,17,20). The van der Waals surface area contributed by atoms with Gasteiger partial charge in [0.05, 0.1) is 6.04 Å². The van der Waals surface area contributed by atoms with Gasteiger partial charge in [0.2, 0.25) is 0 Å². The van der Waals surface area contributed by atoms with Gasteiger partial charge in [0, 0.05) is 5.02 Å². The van der Waals surface area contributed by atoms with Crippen LogP contribution in [0.1, 0.15) is 29.0 Å². The molecule has 1 atom stereocenters. The maximum absolute atomic E-state index is 12.1. The van der Waals surface area contributed by atoms with E-state index < -0.39 is 5.91 Å². The van der Waals surface area contributed by atoms with Crippen molar-refractivity contribution in [2.45, 2.75) is 13.0 Å². The van der Waals surface area contributed by atoms with Crippen LogP contribution >= 0.6 is 27.5 Å². The van der Waals surface area contributed by atoms with Crippen molar-refractivity contribution in [3.05, 3.63) is 57.3 Å². The number of nitrogens with zero attached hydrogens (tertiary/aromatic N) is 1. The Labute approximate surface area is 129 Å². The minimum absolute atomic E-state index is 0.0137. The lowest BCUT2D eigenvalue weighted by Gasteiger charge is -2.14. The predicted octanol–water partition coefficient (Wildman–Crippen LogP) is 3.69. The summed E-state index contributed by atoms with van der Waals surface area (Å²) in [6.45, 7) is 1.84. The molecule has 1 aromatic heterocycles. The van der Waals surface area contributed by atoms with Gasteiger partial charge in [-0.2, -0.15) is 0 Å². The summed E-state index contributed by atoms with van der Waals surface area (Å²) in [7, 11) is 0. The Morgan fingerprint density at radius 1 is 1.30 bits per heavy atom. The number of amides is 1. The van der Waals surface area contributed by atoms with E-state index in [1.165, 1.54) is 6.07 Å². The minimum atomic E-state index is -0.439. The Morgan fingerprint density at radius 3 is 2.60 bits per heavy atom. The molecule has 6 heteroatoms. The van der Waals surface area contributed by atoms with Crippen molar-refractivity contribution in [2.24, 2.45) is 0 Å². The number of pyridine rings is 1. The Bertz CT molecular complexity index is 632. The summed E-state index contributed by atoms with van der Waals surface area (Å²) < 4.78 is 0.486. The molecule has 0 spiro atoms. The van der Waals surface area contributed by atoms with Gasteiger partial charge >= 0.3 is 0 Å². The van der Waals surface area contributed by atoms with Crippen molar-refractivity contribution in [3.8, 4) is 5.75 Å². The number of carbonyl (C=O) groups excluding carboxylic acids is 1. The highest BCUT2D eigenvalue weighted by Crippen LogP contribution is 2.20. The molecule has 0 saturated carbocycles. The topological polar surface area (TPSA) is 62.2 Å². The molecule has 1 unspecified atom stereocenters. The summed E-state index contributed by atoms with van der Waals surface area (Å²) >= 11 is 8.99. The highest BCUT2D eigenvalue weighted by atomic mass is 79.9. The summed E-state index contributed by atoms with van der Waals surface area (Å²) in [6.07, 6.45) is 0. The van der Waals surface area contributed by atoms with Crippen molar-refractivity contribution in [1.29, 1.82) is 0 Å². The predicted molar refractivity (Wildman–Crippen MR) is 80.9 cm³/mol. The van der Waals surface area contributed by atoms with E-state index in [-0.39, 0.29) is 17.5 Å². The summed E-state index contributed by atoms with van der Waals surface area (Å²) in [5.74, 6) is -0.597. The number of carbonyl (C=O) groups is 1. The minimum Gasteiger partial charge on any atom is -0.505 e. The molecule has 0 aliphatic rings. The SMILES string of the molecule is CC(NC(=O)c1nc(Br)ccc1O)c1ccc(Cl)cc1. The normalized spacial score (nSPS) is 11.9. The van der Waals surface area contributed by atoms with Crippen molar-refractivity contribution < 1.29 is 9.90 Å². The molecule has 0 radical (unpaired) electrons. The second kappa shape index (κ2) is 6.24. The second-order valence-electron chi connectivity index (χ2n) is 4.25. The van der Waals surface area contributed by atoms with E-state index in [0.29, 0.717) is 9.63 Å². The number of rotatable bonds is 3. The Hall–Kier alpha value is -1.59. The molecule has 2 aromatic rings. The van der Waals surface area contributed by atoms with Gasteiger partial charge in [-0.25, -0.2) is 4.98 Å². The van der Waals surface area contributed by atoms with E-state index in [9.17, 15) is 9.90 Å². The maximum atomic E-state index is 12.1. The van der Waals surface area contributed by atoms with Crippen molar-refractivity contribution in [2.75, 3.05) is 0 Å². The van der Waals surface area contributed by atoms with E-state index >= 15 is 0 Å². The summed E-state index contributed by atoms with van der Waals surface area (Å²) in [5.41, 5.74) is 0.900. The number of nitrogens with one attached hydrogen (secondary N) is 1. The molecule has 0 aliphatic carbocycles. The lowest BCUT2D eigenvalue weighted by molar-refractivity contribution is 0.0931. The first kappa shape index (κ1) is 14.8. The lowest BCUT2D eigenvalue weighted by atomic mass is 10.1. The monoisotopic (exact) mass is 354 g/mol. The van der Waals surface area contributed by atoms with Crippen LogP contribution in [0.5, 0.6) is 5.75 Å². The number of aromatic nitrogens is 1. The largest absolute Gasteiger partial charge is 0.505 e. The number of halogens is 2. The zero-order chi connectivity index (χ0) is 14.7. The van der Waals surface area contributed by atoms with Gasteiger partial charge in [-0.1, -0.05) is 23.7 Å². The fourth-order valence-corrected chi connectivity index (χ4v) is 2.13. The Kier molecular flexibility index (Phi) is 4.62. The molecule has 2 N–H and O–H groups in total. The van der Waals surface area contributed by atoms with E-state index in [2.05, 4.69) is 26.2 Å². The van der Waals surface area contributed by atoms with E-state index in [1.807, 2.05) is 19.1 Å². The highest BCUT2D eigenvalue weighted by Gasteiger charge is 2.16. The number of hydrogen-bond acceptors (Lipinski definition) is 3. The molecule has 0 saturated heterocycles. The Morgan fingerprint density at radius 2 is 1.95 bits per heavy atom. The fourth-order valence-electron chi connectivity index (χ4n) is 1.69. The van der Waals surface area contributed by atoms with Crippen molar-refractivity contribution >= 4 is 33.4 Å². The molecule has 1 amide bonds. The van der Waals surface area contributed by atoms with Gasteiger partial charge in [-0.05, 0) is 52.7 Å². The summed E-state index contributed by atoms with van der Waals surface area (Å²) in [6, 6.07) is 9.94. The molecule has 0 aliphatic heterocycles. The first-order valence-electron chi connectivity index (χ1n) is 5.89. The van der Waals surface area contributed by atoms with Gasteiger partial charge < -0.3 is 10.4 Å². The van der Waals surface area contributed by atoms with Crippen LogP contribution in [0.4, 0.5) is 0 Å². The van der Waals surface area contributed by atoms with Crippen LogP contribution in [0.25, 0.3) is 0 Å². The van der Waals surface area contributed by atoms with Crippen LogP contribution in [-0.4, -0.2) is 16.0 Å². The van der Waals surface area contributed by atoms with Gasteiger partial charge in [0.25, 0.3) is 5.91 Å². The van der Waals surface area contributed by atoms with Gasteiger partial charge in [0.15, 0.2) is 5.69 Å².